The molecular weight excluding hydrogens is 420 g/mol. The van der Waals surface area contributed by atoms with Crippen LogP contribution in [-0.4, -0.2) is 21.9 Å². The lowest BCUT2D eigenvalue weighted by Gasteiger charge is -1.98. The molecule has 0 aliphatic carbocycles. The summed E-state index contributed by atoms with van der Waals surface area (Å²) < 4.78 is 43.1. The van der Waals surface area contributed by atoms with E-state index in [1.54, 1.807) is 12.1 Å². The monoisotopic (exact) mass is 436 g/mol. The molecule has 0 bridgehead atoms. The Hall–Kier alpha value is -1.30. The van der Waals surface area contributed by atoms with Gasteiger partial charge in [-0.3, -0.25) is 0 Å². The molecule has 0 unspecified atom stereocenters. The van der Waals surface area contributed by atoms with Crippen molar-refractivity contribution in [3.63, 3.8) is 0 Å². The van der Waals surface area contributed by atoms with Crippen LogP contribution in [0.4, 0.5) is 0 Å². The molecule has 0 saturated carbocycles. The van der Waals surface area contributed by atoms with E-state index in [9.17, 15) is 16.8 Å². The van der Waals surface area contributed by atoms with Gasteiger partial charge in [-0.25, -0.2) is 27.1 Å². The Labute approximate surface area is 149 Å². The van der Waals surface area contributed by atoms with Crippen molar-refractivity contribution in [2.75, 3.05) is 0 Å². The molecule has 2 aromatic rings. The third kappa shape index (κ3) is 6.67. The van der Waals surface area contributed by atoms with Crippen molar-refractivity contribution in [1.29, 1.82) is 0 Å². The number of aliphatic hydroxyl groups is 1. The van der Waals surface area contributed by atoms with Crippen LogP contribution in [0.3, 0.4) is 0 Å². The van der Waals surface area contributed by atoms with Gasteiger partial charge in [-0.15, -0.1) is 0 Å². The molecular formula is C14H17BrN2O5S2. The number of halogens is 1. The highest BCUT2D eigenvalue weighted by Gasteiger charge is 2.06. The van der Waals surface area contributed by atoms with Gasteiger partial charge in [-0.2, -0.15) is 0 Å². The predicted octanol–water partition coefficient (Wildman–Crippen LogP) is 1.06. The largest absolute Gasteiger partial charge is 0.392 e. The van der Waals surface area contributed by atoms with Crippen LogP contribution < -0.4 is 10.3 Å². The molecule has 10 heteroatoms. The maximum atomic E-state index is 10.8. The number of aliphatic hydroxyl groups excluding tert-OH is 1. The van der Waals surface area contributed by atoms with Crippen molar-refractivity contribution in [2.24, 2.45) is 10.3 Å². The van der Waals surface area contributed by atoms with Crippen molar-refractivity contribution in [1.82, 2.24) is 0 Å². The molecule has 5 N–H and O–H groups in total. The van der Waals surface area contributed by atoms with Crippen molar-refractivity contribution < 1.29 is 21.9 Å². The van der Waals surface area contributed by atoms with Gasteiger partial charge in [0.05, 0.1) is 16.4 Å². The molecule has 0 spiro atoms. The van der Waals surface area contributed by atoms with Gasteiger partial charge >= 0.3 is 0 Å². The van der Waals surface area contributed by atoms with Gasteiger partial charge in [0.1, 0.15) is 0 Å². The molecule has 0 aromatic heterocycles. The minimum absolute atomic E-state index is 0.0553. The number of primary sulfonamides is 2. The lowest BCUT2D eigenvalue weighted by Crippen LogP contribution is -2.11. The van der Waals surface area contributed by atoms with Crippen LogP contribution in [0.1, 0.15) is 11.1 Å². The van der Waals surface area contributed by atoms with E-state index in [2.05, 4.69) is 15.9 Å². The number of benzene rings is 2. The van der Waals surface area contributed by atoms with Gasteiger partial charge in [0, 0.05) is 5.33 Å². The average Bonchev–Trinajstić information content (AvgIpc) is 2.54. The van der Waals surface area contributed by atoms with Crippen LogP contribution in [0.25, 0.3) is 0 Å². The summed E-state index contributed by atoms with van der Waals surface area (Å²) in [4.78, 5) is 0.201. The van der Waals surface area contributed by atoms with E-state index < -0.39 is 20.0 Å². The number of rotatable bonds is 4. The number of hydrogen-bond acceptors (Lipinski definition) is 5. The molecule has 0 saturated heterocycles. The quantitative estimate of drug-likeness (QED) is 0.614. The molecule has 24 heavy (non-hydrogen) atoms. The zero-order valence-corrected chi connectivity index (χ0v) is 15.7. The maximum absolute atomic E-state index is 10.8. The minimum Gasteiger partial charge on any atom is -0.392 e. The second-order valence-corrected chi connectivity index (χ2v) is 8.35. The highest BCUT2D eigenvalue weighted by atomic mass is 79.9. The maximum Gasteiger partial charge on any atom is 0.238 e. The summed E-state index contributed by atoms with van der Waals surface area (Å²) in [6.07, 6.45) is 0. The molecule has 0 amide bonds. The molecule has 0 atom stereocenters. The highest BCUT2D eigenvalue weighted by Crippen LogP contribution is 2.10. The van der Waals surface area contributed by atoms with E-state index in [-0.39, 0.29) is 16.4 Å². The summed E-state index contributed by atoms with van der Waals surface area (Å²) in [6.45, 7) is -0.106. The number of nitrogens with two attached hydrogens (primary N) is 2. The number of sulfonamides is 2. The molecule has 0 radical (unpaired) electrons. The average molecular weight is 437 g/mol. The minimum atomic E-state index is -3.61. The molecule has 7 nitrogen and oxygen atoms in total. The first-order valence-electron chi connectivity index (χ1n) is 6.48. The topological polar surface area (TPSA) is 141 Å². The molecule has 0 heterocycles. The Morgan fingerprint density at radius 1 is 0.750 bits per heavy atom. The lowest BCUT2D eigenvalue weighted by molar-refractivity contribution is 0.282. The SMILES string of the molecule is NS(=O)(=O)c1ccc(CBr)cc1.NS(=O)(=O)c1ccc(CO)cc1. The lowest BCUT2D eigenvalue weighted by atomic mass is 10.2. The van der Waals surface area contributed by atoms with E-state index >= 15 is 0 Å². The van der Waals surface area contributed by atoms with Gasteiger partial charge in [-0.05, 0) is 35.4 Å². The highest BCUT2D eigenvalue weighted by molar-refractivity contribution is 9.08. The second kappa shape index (κ2) is 8.70. The zero-order valence-electron chi connectivity index (χ0n) is 12.5. The van der Waals surface area contributed by atoms with Crippen LogP contribution in [0.15, 0.2) is 58.3 Å². The van der Waals surface area contributed by atoms with Crippen molar-refractivity contribution >= 4 is 36.0 Å². The van der Waals surface area contributed by atoms with Gasteiger partial charge < -0.3 is 5.11 Å². The fourth-order valence-corrected chi connectivity index (χ4v) is 2.96. The Bertz CT molecular complexity index is 789. The van der Waals surface area contributed by atoms with E-state index in [4.69, 9.17) is 15.4 Å². The fourth-order valence-electron chi connectivity index (χ4n) is 1.55. The summed E-state index contributed by atoms with van der Waals surface area (Å²) in [7, 11) is -7.15. The summed E-state index contributed by atoms with van der Waals surface area (Å²) in [6, 6.07) is 12.2. The molecule has 132 valence electrons. The van der Waals surface area contributed by atoms with Crippen molar-refractivity contribution in [2.45, 2.75) is 21.7 Å². The zero-order chi connectivity index (χ0) is 18.4. The van der Waals surface area contributed by atoms with Crippen LogP contribution >= 0.6 is 15.9 Å². The predicted molar refractivity (Wildman–Crippen MR) is 94.2 cm³/mol. The standard InChI is InChI=1S/C7H8BrNO2S.C7H9NO3S/c8-5-6-1-3-7(4-2-6)12(9,10)11;8-12(10,11)7-3-1-6(5-9)2-4-7/h1-4H,5H2,(H2,9,10,11);1-4,9H,5H2,(H2,8,10,11). The summed E-state index contributed by atoms with van der Waals surface area (Å²) >= 11 is 3.25. The van der Waals surface area contributed by atoms with E-state index in [0.717, 1.165) is 5.56 Å². The van der Waals surface area contributed by atoms with E-state index in [1.807, 2.05) is 0 Å². The number of hydrogen-bond donors (Lipinski definition) is 3. The Morgan fingerprint density at radius 3 is 1.33 bits per heavy atom. The third-order valence-electron chi connectivity index (χ3n) is 2.84. The third-order valence-corrected chi connectivity index (χ3v) is 5.35. The molecule has 0 aliphatic heterocycles. The Morgan fingerprint density at radius 2 is 1.08 bits per heavy atom. The first kappa shape index (κ1) is 20.7. The van der Waals surface area contributed by atoms with Crippen LogP contribution in [-0.2, 0) is 32.0 Å². The van der Waals surface area contributed by atoms with Gasteiger partial charge in [-0.1, -0.05) is 40.2 Å². The summed E-state index contributed by atoms with van der Waals surface area (Å²) in [5.74, 6) is 0. The second-order valence-electron chi connectivity index (χ2n) is 4.67. The summed E-state index contributed by atoms with van der Waals surface area (Å²) in [5.41, 5.74) is 1.67. The first-order valence-corrected chi connectivity index (χ1v) is 10.7. The molecule has 2 rings (SSSR count). The summed E-state index contributed by atoms with van der Waals surface area (Å²) in [5, 5.41) is 19.1. The Kier molecular flexibility index (Phi) is 7.52. The smallest absolute Gasteiger partial charge is 0.238 e. The first-order chi connectivity index (χ1) is 11.1. The van der Waals surface area contributed by atoms with Crippen molar-refractivity contribution in [3.8, 4) is 0 Å². The molecule has 2 aromatic carbocycles. The fraction of sp³-hybridized carbons (Fsp3) is 0.143. The van der Waals surface area contributed by atoms with Gasteiger partial charge in [0.2, 0.25) is 20.0 Å². The van der Waals surface area contributed by atoms with Crippen LogP contribution in [0.5, 0.6) is 0 Å². The van der Waals surface area contributed by atoms with E-state index in [1.165, 1.54) is 36.4 Å². The van der Waals surface area contributed by atoms with Crippen LogP contribution in [0, 0.1) is 0 Å². The normalized spacial score (nSPS) is 11.5. The molecule has 0 aliphatic rings. The van der Waals surface area contributed by atoms with Crippen LogP contribution in [0.2, 0.25) is 0 Å². The Balaban J connectivity index is 0.000000240. The van der Waals surface area contributed by atoms with Crippen molar-refractivity contribution in [3.05, 3.63) is 59.7 Å². The molecule has 0 fully saturated rings. The van der Waals surface area contributed by atoms with E-state index in [0.29, 0.717) is 10.9 Å². The van der Waals surface area contributed by atoms with Gasteiger partial charge in [0.15, 0.2) is 0 Å². The number of alkyl halides is 1. The van der Waals surface area contributed by atoms with Gasteiger partial charge in [0.25, 0.3) is 0 Å².